The first-order valence-corrected chi connectivity index (χ1v) is 24.5. The number of nitro benzene ring substituents is 1. The first kappa shape index (κ1) is 52.4. The molecule has 69 heavy (non-hydrogen) atoms. The van der Waals surface area contributed by atoms with Crippen molar-refractivity contribution in [2.75, 3.05) is 18.1 Å². The summed E-state index contributed by atoms with van der Waals surface area (Å²) < 4.78 is 114. The number of hydrogen-bond donors (Lipinski definition) is 7. The zero-order valence-electron chi connectivity index (χ0n) is 33.5. The van der Waals surface area contributed by atoms with Crippen LogP contribution in [0.4, 0.5) is 45.5 Å². The number of azo groups is 3. The monoisotopic (exact) mass is 1070 g/mol. The molecule has 0 radical (unpaired) electrons. The van der Waals surface area contributed by atoms with Crippen LogP contribution in [0.5, 0.6) is 5.75 Å². The van der Waals surface area contributed by atoms with Crippen LogP contribution in [0, 0.1) is 10.1 Å². The molecule has 6 aromatic rings. The minimum absolute atomic E-state index is 0.00283. The standard InChI is InChI=1S/C34H26N8O21S6/c35-31-30-17(14-29(69(54,55)56)33(31)41-36-18-1-3-19(4-2-18)42(44)45)13-27(65-62-59-47)32(34(30)43)40-38-25-10-9-24(22-7-5-20(15-23(22)25)64-61-58-46)37-39-26-8-6-21(16-28(26)68(51,52)53)67(49,50)12-11-57-66-63-60-48/h1-10,13-16,43,46-48H,11-12,35H2,(H,51,52,53)(H,54,55,56)/b39-37+,40-38+,41-36+. The lowest BCUT2D eigenvalue weighted by molar-refractivity contribution is -0.434. The number of anilines is 1. The minimum Gasteiger partial charge on any atom is -0.505 e. The molecule has 29 nitrogen and oxygen atoms in total. The van der Waals surface area contributed by atoms with Gasteiger partial charge in [0.1, 0.15) is 26.9 Å². The van der Waals surface area contributed by atoms with Crippen molar-refractivity contribution in [3.05, 3.63) is 95.0 Å². The third kappa shape index (κ3) is 12.8. The molecule has 0 unspecified atom stereocenters. The Labute approximate surface area is 398 Å². The van der Waals surface area contributed by atoms with E-state index in [1.54, 1.807) is 0 Å². The summed E-state index contributed by atoms with van der Waals surface area (Å²) in [4.78, 5) is 8.10. The third-order valence-corrected chi connectivity index (χ3v) is 13.8. The molecule has 0 saturated heterocycles. The van der Waals surface area contributed by atoms with E-state index < -0.39 is 90.5 Å². The van der Waals surface area contributed by atoms with Crippen LogP contribution in [0.2, 0.25) is 0 Å². The molecule has 364 valence electrons. The van der Waals surface area contributed by atoms with E-state index in [4.69, 9.17) is 25.7 Å². The maximum Gasteiger partial charge on any atom is 0.296 e. The van der Waals surface area contributed by atoms with Crippen LogP contribution in [-0.4, -0.2) is 72.5 Å². The number of phenols is 1. The van der Waals surface area contributed by atoms with Crippen molar-refractivity contribution in [1.82, 2.24) is 0 Å². The molecule has 0 aliphatic heterocycles. The lowest BCUT2D eigenvalue weighted by atomic mass is 10.0. The number of nitro groups is 1. The van der Waals surface area contributed by atoms with Crippen LogP contribution in [0.3, 0.4) is 0 Å². The molecule has 8 N–H and O–H groups in total. The Balaban J connectivity index is 1.45. The molecule has 0 heterocycles. The van der Waals surface area contributed by atoms with Gasteiger partial charge in [-0.1, -0.05) is 21.2 Å². The largest absolute Gasteiger partial charge is 0.505 e. The topological polar surface area (TPSA) is 432 Å². The SMILES string of the molecule is Nc1c(/N=N/c2ccc([N+](=O)[O-])cc2)c(S(=O)(=O)O)cc2cc(SOOO)c(/N=N/c3ccc(/N=N/c4ccc(S(=O)(=O)CCOSOOO)cc4S(=O)(=O)O)c4ccc(SOOO)cc34)c(O)c12. The van der Waals surface area contributed by atoms with Gasteiger partial charge in [-0.15, -0.1) is 38.6 Å². The Hall–Kier alpha value is -5.94. The van der Waals surface area contributed by atoms with Crippen LogP contribution in [0.1, 0.15) is 0 Å². The summed E-state index contributed by atoms with van der Waals surface area (Å²) in [5.74, 6) is -1.50. The Morgan fingerprint density at radius 3 is 1.91 bits per heavy atom. The molecule has 0 fully saturated rings. The molecular weight excluding hydrogens is 1050 g/mol. The van der Waals surface area contributed by atoms with Gasteiger partial charge in [0.25, 0.3) is 25.9 Å². The molecule has 0 bridgehead atoms. The molecule has 0 aliphatic carbocycles. The summed E-state index contributed by atoms with van der Waals surface area (Å²) in [5.41, 5.74) is 3.90. The summed E-state index contributed by atoms with van der Waals surface area (Å²) >= 11 is 0.888. The zero-order valence-corrected chi connectivity index (χ0v) is 38.4. The van der Waals surface area contributed by atoms with Crippen molar-refractivity contribution in [2.24, 2.45) is 30.7 Å². The number of fused-ring (bicyclic) bond motifs is 2. The number of nitrogens with zero attached hydrogens (tertiary/aromatic N) is 7. The third-order valence-electron chi connectivity index (χ3n) is 8.81. The van der Waals surface area contributed by atoms with E-state index >= 15 is 0 Å². The molecule has 0 aromatic heterocycles. The highest BCUT2D eigenvalue weighted by Crippen LogP contribution is 2.50. The van der Waals surface area contributed by atoms with E-state index in [-0.39, 0.29) is 78.5 Å². The fourth-order valence-corrected chi connectivity index (χ4v) is 9.59. The van der Waals surface area contributed by atoms with Crippen molar-refractivity contribution in [1.29, 1.82) is 0 Å². The molecule has 0 atom stereocenters. The van der Waals surface area contributed by atoms with E-state index in [9.17, 15) is 49.6 Å². The van der Waals surface area contributed by atoms with Gasteiger partial charge in [0.15, 0.2) is 27.9 Å². The fraction of sp³-hybridized carbons (Fsp3) is 0.0588. The van der Waals surface area contributed by atoms with E-state index in [0.717, 1.165) is 36.4 Å². The average molecular weight is 1080 g/mol. The van der Waals surface area contributed by atoms with Crippen molar-refractivity contribution in [3.63, 3.8) is 0 Å². The first-order valence-electron chi connectivity index (χ1n) is 17.8. The zero-order chi connectivity index (χ0) is 50.1. The summed E-state index contributed by atoms with van der Waals surface area (Å²) in [6, 6.07) is 16.2. The number of hydrogen-bond acceptors (Lipinski definition) is 29. The molecule has 6 aromatic carbocycles. The highest BCUT2D eigenvalue weighted by Gasteiger charge is 2.26. The first-order chi connectivity index (χ1) is 32.8. The highest BCUT2D eigenvalue weighted by atomic mass is 32.2. The van der Waals surface area contributed by atoms with Gasteiger partial charge in [-0.2, -0.15) is 21.9 Å². The van der Waals surface area contributed by atoms with Gasteiger partial charge in [-0.3, -0.25) is 23.4 Å². The van der Waals surface area contributed by atoms with Crippen LogP contribution < -0.4 is 5.73 Å². The van der Waals surface area contributed by atoms with Gasteiger partial charge in [0.05, 0.1) is 79.3 Å². The Kier molecular flexibility index (Phi) is 17.2. The smallest absolute Gasteiger partial charge is 0.296 e. The Morgan fingerprint density at radius 2 is 1.26 bits per heavy atom. The van der Waals surface area contributed by atoms with E-state index in [0.29, 0.717) is 18.1 Å². The van der Waals surface area contributed by atoms with Gasteiger partial charge in [-0.05, 0) is 72.1 Å². The van der Waals surface area contributed by atoms with Crippen molar-refractivity contribution in [3.8, 4) is 5.75 Å². The van der Waals surface area contributed by atoms with Gasteiger partial charge in [-0.25, -0.2) is 24.2 Å². The normalized spacial score (nSPS) is 12.7. The number of nitrogen functional groups attached to an aromatic ring is 1. The number of benzene rings is 6. The number of sulfone groups is 1. The Morgan fingerprint density at radius 1 is 0.652 bits per heavy atom. The average Bonchev–Trinajstić information content (AvgIpc) is 3.30. The second kappa shape index (κ2) is 22.7. The van der Waals surface area contributed by atoms with Gasteiger partial charge in [0.2, 0.25) is 0 Å². The molecule has 6 rings (SSSR count). The number of rotatable bonds is 22. The molecule has 0 saturated carbocycles. The van der Waals surface area contributed by atoms with Gasteiger partial charge < -0.3 is 10.8 Å². The van der Waals surface area contributed by atoms with Gasteiger partial charge >= 0.3 is 0 Å². The minimum atomic E-state index is -5.13. The highest BCUT2D eigenvalue weighted by molar-refractivity contribution is 7.95. The second-order valence-corrected chi connectivity index (χ2v) is 19.8. The van der Waals surface area contributed by atoms with E-state index in [2.05, 4.69) is 58.8 Å². The van der Waals surface area contributed by atoms with Crippen molar-refractivity contribution in [2.45, 2.75) is 24.5 Å². The maximum absolute atomic E-state index is 12.9. The van der Waals surface area contributed by atoms with E-state index in [1.807, 2.05) is 0 Å². The van der Waals surface area contributed by atoms with Crippen LogP contribution in [0.15, 0.2) is 140 Å². The molecule has 35 heteroatoms. The summed E-state index contributed by atoms with van der Waals surface area (Å²) in [5, 5.41) is 83.5. The predicted octanol–water partition coefficient (Wildman–Crippen LogP) is 9.56. The lowest BCUT2D eigenvalue weighted by Gasteiger charge is -2.14. The lowest BCUT2D eigenvalue weighted by Crippen LogP contribution is -2.12. The number of non-ortho nitro benzene ring substituents is 1. The number of aromatic hydroxyl groups is 1. The van der Waals surface area contributed by atoms with Crippen molar-refractivity contribution >= 4 is 134 Å². The summed E-state index contributed by atoms with van der Waals surface area (Å²) in [7, 11) is -14.5. The quantitative estimate of drug-likeness (QED) is 0.00486. The van der Waals surface area contributed by atoms with Crippen LogP contribution in [-0.2, 0) is 62.4 Å². The number of nitrogens with two attached hydrogens (primary N) is 1. The predicted molar refractivity (Wildman–Crippen MR) is 237 cm³/mol. The molecular formula is C34H26N8O21S6. The second-order valence-electron chi connectivity index (χ2n) is 12.9. The van der Waals surface area contributed by atoms with Gasteiger partial charge in [0, 0.05) is 27.8 Å². The Bertz CT molecular complexity index is 3370. The van der Waals surface area contributed by atoms with E-state index in [1.165, 1.54) is 42.5 Å². The number of phenolic OH excluding ortho intramolecular Hbond substituents is 1. The molecule has 0 spiro atoms. The maximum atomic E-state index is 12.9. The summed E-state index contributed by atoms with van der Waals surface area (Å²) in [6.07, 6.45) is 0. The fourth-order valence-electron chi connectivity index (χ4n) is 5.86. The van der Waals surface area contributed by atoms with Crippen LogP contribution in [0.25, 0.3) is 21.5 Å². The van der Waals surface area contributed by atoms with Crippen LogP contribution >= 0.6 is 36.4 Å². The summed E-state index contributed by atoms with van der Waals surface area (Å²) in [6.45, 7) is -0.504. The molecule has 0 aliphatic rings. The molecule has 0 amide bonds. The van der Waals surface area contributed by atoms with Crippen molar-refractivity contribution < 1.29 is 92.5 Å².